The number of aromatic nitrogens is 2. The molecule has 2 fully saturated rings. The molecule has 2 aliphatic heterocycles. The molecule has 0 unspecified atom stereocenters. The van der Waals surface area contributed by atoms with E-state index in [0.717, 1.165) is 42.9 Å². The van der Waals surface area contributed by atoms with Crippen LogP contribution in [0.15, 0.2) is 0 Å². The summed E-state index contributed by atoms with van der Waals surface area (Å²) in [6, 6.07) is 0. The van der Waals surface area contributed by atoms with Crippen LogP contribution in [0.3, 0.4) is 0 Å². The highest BCUT2D eigenvalue weighted by Crippen LogP contribution is 2.30. The fourth-order valence-corrected chi connectivity index (χ4v) is 3.71. The summed E-state index contributed by atoms with van der Waals surface area (Å²) in [5.74, 6) is 0.119. The topological polar surface area (TPSA) is 56.6 Å². The van der Waals surface area contributed by atoms with Crippen molar-refractivity contribution in [1.82, 2.24) is 14.7 Å². The van der Waals surface area contributed by atoms with E-state index in [1.54, 1.807) is 0 Å². The zero-order valence-electron chi connectivity index (χ0n) is 15.3. The highest BCUT2D eigenvalue weighted by atomic mass is 16.7. The average molecular weight is 335 g/mol. The maximum Gasteiger partial charge on any atom is 0.227 e. The van der Waals surface area contributed by atoms with Crippen LogP contribution in [-0.4, -0.2) is 52.7 Å². The quantitative estimate of drug-likeness (QED) is 0.845. The molecule has 6 nitrogen and oxygen atoms in total. The smallest absolute Gasteiger partial charge is 0.227 e. The van der Waals surface area contributed by atoms with Gasteiger partial charge in [-0.1, -0.05) is 13.8 Å². The predicted molar refractivity (Wildman–Crippen MR) is 90.7 cm³/mol. The number of ether oxygens (including phenoxy) is 2. The van der Waals surface area contributed by atoms with E-state index in [2.05, 4.69) is 25.9 Å². The lowest BCUT2D eigenvalue weighted by Gasteiger charge is -2.38. The first kappa shape index (κ1) is 17.4. The van der Waals surface area contributed by atoms with E-state index >= 15 is 0 Å². The van der Waals surface area contributed by atoms with Gasteiger partial charge in [-0.05, 0) is 26.2 Å². The molecule has 0 radical (unpaired) electrons. The third-order valence-corrected chi connectivity index (χ3v) is 4.98. The van der Waals surface area contributed by atoms with E-state index in [1.165, 1.54) is 0 Å². The van der Waals surface area contributed by atoms with Crippen molar-refractivity contribution in [2.75, 3.05) is 26.3 Å². The summed E-state index contributed by atoms with van der Waals surface area (Å²) in [5, 5.41) is 4.62. The molecule has 3 heterocycles. The number of nitrogens with zero attached hydrogens (tertiary/aromatic N) is 3. The fourth-order valence-electron chi connectivity index (χ4n) is 3.71. The molecule has 6 heteroatoms. The highest BCUT2D eigenvalue weighted by Gasteiger charge is 2.42. The van der Waals surface area contributed by atoms with E-state index in [-0.39, 0.29) is 5.91 Å². The van der Waals surface area contributed by atoms with Gasteiger partial charge < -0.3 is 14.4 Å². The van der Waals surface area contributed by atoms with Gasteiger partial charge in [0.1, 0.15) is 0 Å². The maximum absolute atomic E-state index is 12.8. The number of amides is 1. The molecule has 2 saturated heterocycles. The molecule has 0 atom stereocenters. The van der Waals surface area contributed by atoms with Crippen LogP contribution in [-0.2, 0) is 27.2 Å². The van der Waals surface area contributed by atoms with Crippen molar-refractivity contribution in [3.05, 3.63) is 17.0 Å². The molecule has 0 aliphatic carbocycles. The first-order chi connectivity index (χ1) is 11.4. The summed E-state index contributed by atoms with van der Waals surface area (Å²) < 4.78 is 13.6. The van der Waals surface area contributed by atoms with Crippen LogP contribution in [0, 0.1) is 19.8 Å². The van der Waals surface area contributed by atoms with Crippen molar-refractivity contribution in [2.45, 2.75) is 59.3 Å². The van der Waals surface area contributed by atoms with Gasteiger partial charge in [0.25, 0.3) is 0 Å². The Morgan fingerprint density at radius 1 is 1.29 bits per heavy atom. The van der Waals surface area contributed by atoms with E-state index in [1.807, 2.05) is 16.5 Å². The van der Waals surface area contributed by atoms with Crippen molar-refractivity contribution < 1.29 is 14.3 Å². The van der Waals surface area contributed by atoms with Gasteiger partial charge in [-0.2, -0.15) is 5.10 Å². The van der Waals surface area contributed by atoms with Crippen LogP contribution in [0.2, 0.25) is 0 Å². The molecule has 1 spiro atoms. The third kappa shape index (κ3) is 3.49. The second-order valence-electron chi connectivity index (χ2n) is 7.43. The van der Waals surface area contributed by atoms with Gasteiger partial charge in [0, 0.05) is 30.8 Å². The van der Waals surface area contributed by atoms with Crippen LogP contribution >= 0.6 is 0 Å². The van der Waals surface area contributed by atoms with Gasteiger partial charge in [0.05, 0.1) is 31.9 Å². The molecule has 2 aliphatic rings. The Morgan fingerprint density at radius 2 is 2.00 bits per heavy atom. The third-order valence-electron chi connectivity index (χ3n) is 4.98. The SMILES string of the molecule is Cc1nn(CC(C)C)c(C)c1CC(=O)N1CCCC2(C1)OCCO2. The second-order valence-corrected chi connectivity index (χ2v) is 7.43. The van der Waals surface area contributed by atoms with Gasteiger partial charge in [0.2, 0.25) is 5.91 Å². The van der Waals surface area contributed by atoms with E-state index < -0.39 is 5.79 Å². The molecule has 0 aromatic carbocycles. The number of likely N-dealkylation sites (tertiary alicyclic amines) is 1. The van der Waals surface area contributed by atoms with Gasteiger partial charge in [-0.25, -0.2) is 0 Å². The zero-order valence-corrected chi connectivity index (χ0v) is 15.3. The Kier molecular flexibility index (Phi) is 4.97. The van der Waals surface area contributed by atoms with Crippen molar-refractivity contribution >= 4 is 5.91 Å². The van der Waals surface area contributed by atoms with Crippen molar-refractivity contribution in [1.29, 1.82) is 0 Å². The Balaban J connectivity index is 1.69. The maximum atomic E-state index is 12.8. The number of carbonyl (C=O) groups excluding carboxylic acids is 1. The minimum absolute atomic E-state index is 0.142. The average Bonchev–Trinajstić information content (AvgIpc) is 3.07. The highest BCUT2D eigenvalue weighted by molar-refractivity contribution is 5.79. The summed E-state index contributed by atoms with van der Waals surface area (Å²) >= 11 is 0. The van der Waals surface area contributed by atoms with Crippen LogP contribution in [0.1, 0.15) is 43.6 Å². The normalized spacial score (nSPS) is 20.3. The molecule has 3 rings (SSSR count). The lowest BCUT2D eigenvalue weighted by Crippen LogP contribution is -2.51. The summed E-state index contributed by atoms with van der Waals surface area (Å²) in [6.07, 6.45) is 2.21. The van der Waals surface area contributed by atoms with Gasteiger partial charge in [-0.3, -0.25) is 9.48 Å². The minimum atomic E-state index is -0.556. The Hall–Kier alpha value is -1.40. The standard InChI is InChI=1S/C18H29N3O3/c1-13(2)11-21-15(4)16(14(3)19-21)10-17(22)20-7-5-6-18(12-20)23-8-9-24-18/h13H,5-12H2,1-4H3. The van der Waals surface area contributed by atoms with E-state index in [9.17, 15) is 4.79 Å². The molecule has 0 saturated carbocycles. The number of aryl methyl sites for hydroxylation is 1. The van der Waals surface area contributed by atoms with Gasteiger partial charge in [-0.15, -0.1) is 0 Å². The number of hydrogen-bond acceptors (Lipinski definition) is 4. The number of rotatable bonds is 4. The summed E-state index contributed by atoms with van der Waals surface area (Å²) in [4.78, 5) is 14.7. The van der Waals surface area contributed by atoms with Crippen molar-refractivity contribution in [2.24, 2.45) is 5.92 Å². The largest absolute Gasteiger partial charge is 0.346 e. The van der Waals surface area contributed by atoms with Crippen LogP contribution in [0.4, 0.5) is 0 Å². The lowest BCUT2D eigenvalue weighted by molar-refractivity contribution is -0.192. The van der Waals surface area contributed by atoms with Crippen LogP contribution in [0.25, 0.3) is 0 Å². The monoisotopic (exact) mass is 335 g/mol. The molecular formula is C18H29N3O3. The molecule has 1 aromatic heterocycles. The fraction of sp³-hybridized carbons (Fsp3) is 0.778. The number of carbonyl (C=O) groups is 1. The van der Waals surface area contributed by atoms with Crippen LogP contribution in [0.5, 0.6) is 0 Å². The van der Waals surface area contributed by atoms with Gasteiger partial charge >= 0.3 is 0 Å². The molecule has 1 aromatic rings. The summed E-state index contributed by atoms with van der Waals surface area (Å²) in [5.41, 5.74) is 3.13. The molecule has 0 bridgehead atoms. The zero-order chi connectivity index (χ0) is 17.3. The summed E-state index contributed by atoms with van der Waals surface area (Å²) in [7, 11) is 0. The number of piperidine rings is 1. The minimum Gasteiger partial charge on any atom is -0.346 e. The predicted octanol–water partition coefficient (Wildman–Crippen LogP) is 2.06. The Morgan fingerprint density at radius 3 is 2.67 bits per heavy atom. The molecule has 134 valence electrons. The Labute approximate surface area is 144 Å². The molecular weight excluding hydrogens is 306 g/mol. The van der Waals surface area contributed by atoms with Gasteiger partial charge in [0.15, 0.2) is 5.79 Å². The van der Waals surface area contributed by atoms with E-state index in [0.29, 0.717) is 32.1 Å². The van der Waals surface area contributed by atoms with Crippen molar-refractivity contribution in [3.63, 3.8) is 0 Å². The van der Waals surface area contributed by atoms with Crippen LogP contribution < -0.4 is 0 Å². The molecule has 0 N–H and O–H groups in total. The number of hydrogen-bond donors (Lipinski definition) is 0. The second kappa shape index (κ2) is 6.84. The van der Waals surface area contributed by atoms with Crippen molar-refractivity contribution in [3.8, 4) is 0 Å². The first-order valence-corrected chi connectivity index (χ1v) is 8.99. The Bertz CT molecular complexity index is 603. The summed E-state index contributed by atoms with van der Waals surface area (Å²) in [6.45, 7) is 11.9. The van der Waals surface area contributed by atoms with E-state index in [4.69, 9.17) is 9.47 Å². The first-order valence-electron chi connectivity index (χ1n) is 8.99. The lowest BCUT2D eigenvalue weighted by atomic mass is 10.0. The molecule has 24 heavy (non-hydrogen) atoms. The molecule has 1 amide bonds.